The van der Waals surface area contributed by atoms with Crippen LogP contribution in [-0.2, 0) is 6.54 Å². The molecule has 1 atom stereocenters. The van der Waals surface area contributed by atoms with Crippen LogP contribution in [0.15, 0.2) is 54.6 Å². The summed E-state index contributed by atoms with van der Waals surface area (Å²) in [5.74, 6) is 0.434. The Bertz CT molecular complexity index is 564. The van der Waals surface area contributed by atoms with E-state index in [9.17, 15) is 4.79 Å². The van der Waals surface area contributed by atoms with Crippen molar-refractivity contribution < 1.29 is 4.79 Å². The number of nitrogens with one attached hydrogen (secondary N) is 2. The Morgan fingerprint density at radius 1 is 1.05 bits per heavy atom. The minimum atomic E-state index is -0.0489. The van der Waals surface area contributed by atoms with Gasteiger partial charge in [-0.05, 0) is 29.2 Å². The van der Waals surface area contributed by atoms with Crippen molar-refractivity contribution in [1.29, 1.82) is 0 Å². The third-order valence-electron chi connectivity index (χ3n) is 3.59. The maximum Gasteiger partial charge on any atom is 0.251 e. The summed E-state index contributed by atoms with van der Waals surface area (Å²) in [6.07, 6.45) is 0. The van der Waals surface area contributed by atoms with Crippen LogP contribution in [0.1, 0.15) is 34.3 Å². The second-order valence-corrected chi connectivity index (χ2v) is 5.22. The quantitative estimate of drug-likeness (QED) is 0.855. The van der Waals surface area contributed by atoms with E-state index in [2.05, 4.69) is 41.8 Å². The van der Waals surface area contributed by atoms with E-state index in [0.717, 1.165) is 13.1 Å². The summed E-state index contributed by atoms with van der Waals surface area (Å²) >= 11 is 0. The van der Waals surface area contributed by atoms with Gasteiger partial charge in [-0.15, -0.1) is 0 Å². The molecule has 0 aliphatic carbocycles. The largest absolute Gasteiger partial charge is 0.355 e. The lowest BCUT2D eigenvalue weighted by atomic mass is 10.0. The van der Waals surface area contributed by atoms with Gasteiger partial charge in [-0.2, -0.15) is 0 Å². The van der Waals surface area contributed by atoms with Crippen LogP contribution in [0.2, 0.25) is 0 Å². The summed E-state index contributed by atoms with van der Waals surface area (Å²) in [6, 6.07) is 18.2. The van der Waals surface area contributed by atoms with Gasteiger partial charge >= 0.3 is 0 Å². The zero-order chi connectivity index (χ0) is 15.1. The molecule has 1 unspecified atom stereocenters. The minimum Gasteiger partial charge on any atom is -0.355 e. The van der Waals surface area contributed by atoms with Crippen molar-refractivity contribution in [2.75, 3.05) is 13.6 Å². The Balaban J connectivity index is 1.82. The highest BCUT2D eigenvalue weighted by Gasteiger charge is 2.05. The third kappa shape index (κ3) is 4.43. The monoisotopic (exact) mass is 282 g/mol. The van der Waals surface area contributed by atoms with Crippen LogP contribution in [0.5, 0.6) is 0 Å². The molecule has 2 aromatic rings. The Labute approximate surface area is 126 Å². The average Bonchev–Trinajstić information content (AvgIpc) is 2.55. The van der Waals surface area contributed by atoms with E-state index in [-0.39, 0.29) is 5.91 Å². The first-order chi connectivity index (χ1) is 10.2. The van der Waals surface area contributed by atoms with Crippen LogP contribution < -0.4 is 10.6 Å². The lowest BCUT2D eigenvalue weighted by Crippen LogP contribution is -2.20. The molecule has 3 nitrogen and oxygen atoms in total. The van der Waals surface area contributed by atoms with Gasteiger partial charge in [0, 0.05) is 25.7 Å². The van der Waals surface area contributed by atoms with Crippen molar-refractivity contribution >= 4 is 5.91 Å². The fraction of sp³-hybridized carbons (Fsp3) is 0.278. The summed E-state index contributed by atoms with van der Waals surface area (Å²) < 4.78 is 0. The summed E-state index contributed by atoms with van der Waals surface area (Å²) in [4.78, 5) is 11.5. The van der Waals surface area contributed by atoms with Gasteiger partial charge in [-0.1, -0.05) is 49.4 Å². The molecule has 110 valence electrons. The fourth-order valence-electron chi connectivity index (χ4n) is 2.25. The molecular formula is C18H22N2O. The van der Waals surface area contributed by atoms with Crippen LogP contribution in [0, 0.1) is 0 Å². The number of hydrogen-bond acceptors (Lipinski definition) is 2. The maximum atomic E-state index is 11.5. The normalized spacial score (nSPS) is 11.9. The van der Waals surface area contributed by atoms with Crippen LogP contribution in [0.3, 0.4) is 0 Å². The summed E-state index contributed by atoms with van der Waals surface area (Å²) in [5.41, 5.74) is 3.22. The van der Waals surface area contributed by atoms with Gasteiger partial charge in [-0.25, -0.2) is 0 Å². The molecule has 0 bridgehead atoms. The maximum absolute atomic E-state index is 11.5. The second kappa shape index (κ2) is 7.60. The van der Waals surface area contributed by atoms with Crippen molar-refractivity contribution in [2.24, 2.45) is 0 Å². The molecule has 21 heavy (non-hydrogen) atoms. The second-order valence-electron chi connectivity index (χ2n) is 5.22. The predicted molar refractivity (Wildman–Crippen MR) is 86.4 cm³/mol. The molecule has 0 heterocycles. The number of carbonyl (C=O) groups excluding carboxylic acids is 1. The van der Waals surface area contributed by atoms with Gasteiger partial charge in [-0.3, -0.25) is 4.79 Å². The first-order valence-corrected chi connectivity index (χ1v) is 7.27. The highest BCUT2D eigenvalue weighted by Crippen LogP contribution is 2.13. The first kappa shape index (κ1) is 15.3. The topological polar surface area (TPSA) is 41.1 Å². The molecule has 0 fully saturated rings. The number of benzene rings is 2. The van der Waals surface area contributed by atoms with Crippen molar-refractivity contribution in [3.8, 4) is 0 Å². The SMILES string of the molecule is CNC(=O)c1ccc(CNCC(C)c2ccccc2)cc1. The molecule has 0 saturated carbocycles. The van der Waals surface area contributed by atoms with Crippen LogP contribution in [0.4, 0.5) is 0 Å². The van der Waals surface area contributed by atoms with Crippen LogP contribution in [-0.4, -0.2) is 19.5 Å². The van der Waals surface area contributed by atoms with Crippen molar-refractivity contribution in [3.63, 3.8) is 0 Å². The smallest absolute Gasteiger partial charge is 0.251 e. The van der Waals surface area contributed by atoms with Gasteiger partial charge in [0.15, 0.2) is 0 Å². The van der Waals surface area contributed by atoms with Gasteiger partial charge in [0.25, 0.3) is 5.91 Å². The number of rotatable bonds is 6. The summed E-state index contributed by atoms with van der Waals surface area (Å²) in [5, 5.41) is 6.08. The lowest BCUT2D eigenvalue weighted by molar-refractivity contribution is 0.0963. The van der Waals surface area contributed by atoms with E-state index in [1.807, 2.05) is 30.3 Å². The van der Waals surface area contributed by atoms with Gasteiger partial charge in [0.05, 0.1) is 0 Å². The first-order valence-electron chi connectivity index (χ1n) is 7.27. The molecule has 0 radical (unpaired) electrons. The standard InChI is InChI=1S/C18H22N2O/c1-14(16-6-4-3-5-7-16)12-20-13-15-8-10-17(11-9-15)18(21)19-2/h3-11,14,20H,12-13H2,1-2H3,(H,19,21). The molecule has 2 N–H and O–H groups in total. The van der Waals surface area contributed by atoms with E-state index < -0.39 is 0 Å². The average molecular weight is 282 g/mol. The van der Waals surface area contributed by atoms with Crippen LogP contribution >= 0.6 is 0 Å². The number of carbonyl (C=O) groups is 1. The molecule has 0 aromatic heterocycles. The molecule has 0 spiro atoms. The van der Waals surface area contributed by atoms with E-state index in [0.29, 0.717) is 11.5 Å². The molecule has 0 saturated heterocycles. The molecule has 0 aliphatic rings. The molecule has 2 rings (SSSR count). The van der Waals surface area contributed by atoms with Crippen molar-refractivity contribution in [1.82, 2.24) is 10.6 Å². The number of amides is 1. The lowest BCUT2D eigenvalue weighted by Gasteiger charge is -2.13. The van der Waals surface area contributed by atoms with E-state index in [1.165, 1.54) is 11.1 Å². The highest BCUT2D eigenvalue weighted by molar-refractivity contribution is 5.93. The van der Waals surface area contributed by atoms with Crippen LogP contribution in [0.25, 0.3) is 0 Å². The number of hydrogen-bond donors (Lipinski definition) is 2. The Morgan fingerprint density at radius 3 is 2.33 bits per heavy atom. The van der Waals surface area contributed by atoms with Gasteiger partial charge in [0.2, 0.25) is 0 Å². The van der Waals surface area contributed by atoms with E-state index in [4.69, 9.17) is 0 Å². The van der Waals surface area contributed by atoms with E-state index >= 15 is 0 Å². The van der Waals surface area contributed by atoms with E-state index in [1.54, 1.807) is 7.05 Å². The highest BCUT2D eigenvalue weighted by atomic mass is 16.1. The third-order valence-corrected chi connectivity index (χ3v) is 3.59. The zero-order valence-corrected chi connectivity index (χ0v) is 12.6. The Kier molecular flexibility index (Phi) is 5.52. The van der Waals surface area contributed by atoms with Crippen molar-refractivity contribution in [2.45, 2.75) is 19.4 Å². The summed E-state index contributed by atoms with van der Waals surface area (Å²) in [7, 11) is 1.64. The fourth-order valence-corrected chi connectivity index (χ4v) is 2.25. The molecule has 3 heteroatoms. The molecule has 0 aliphatic heterocycles. The molecule has 2 aromatic carbocycles. The zero-order valence-electron chi connectivity index (χ0n) is 12.6. The molecule has 1 amide bonds. The Hall–Kier alpha value is -2.13. The van der Waals surface area contributed by atoms with Gasteiger partial charge < -0.3 is 10.6 Å². The summed E-state index contributed by atoms with van der Waals surface area (Å²) in [6.45, 7) is 3.96. The minimum absolute atomic E-state index is 0.0489. The van der Waals surface area contributed by atoms with Gasteiger partial charge in [0.1, 0.15) is 0 Å². The predicted octanol–water partition coefficient (Wildman–Crippen LogP) is 2.94. The Morgan fingerprint density at radius 2 is 1.71 bits per heavy atom. The van der Waals surface area contributed by atoms with Crippen molar-refractivity contribution in [3.05, 3.63) is 71.3 Å². The molecular weight excluding hydrogens is 260 g/mol.